The number of nitrogens with zero attached hydrogens (tertiary/aromatic N) is 1. The molecule has 0 atom stereocenters. The molecule has 1 aliphatic heterocycles. The van der Waals surface area contributed by atoms with E-state index in [4.69, 9.17) is 16.3 Å². The molecule has 2 aromatic rings. The Morgan fingerprint density at radius 1 is 1.13 bits per heavy atom. The topological polar surface area (TPSA) is 75.7 Å². The van der Waals surface area contributed by atoms with Crippen LogP contribution < -0.4 is 5.32 Å². The van der Waals surface area contributed by atoms with E-state index in [1.807, 2.05) is 0 Å². The van der Waals surface area contributed by atoms with Crippen LogP contribution in [0.1, 0.15) is 32.3 Å². The highest BCUT2D eigenvalue weighted by Gasteiger charge is 2.42. The average Bonchev–Trinajstić information content (AvgIpc) is 2.76. The smallest absolute Gasteiger partial charge is 0.243 e. The van der Waals surface area contributed by atoms with Gasteiger partial charge in [-0.15, -0.1) is 0 Å². The van der Waals surface area contributed by atoms with Gasteiger partial charge in [0.1, 0.15) is 5.82 Å². The van der Waals surface area contributed by atoms with E-state index in [1.54, 1.807) is 26.0 Å². The Bertz CT molecular complexity index is 1030. The number of nitrogens with one attached hydrogen (secondary N) is 1. The van der Waals surface area contributed by atoms with Gasteiger partial charge < -0.3 is 10.1 Å². The van der Waals surface area contributed by atoms with Crippen LogP contribution in [0.25, 0.3) is 0 Å². The van der Waals surface area contributed by atoms with Gasteiger partial charge in [0.2, 0.25) is 15.9 Å². The van der Waals surface area contributed by atoms with Crippen molar-refractivity contribution in [2.24, 2.45) is 0 Å². The Balaban J connectivity index is 1.96. The van der Waals surface area contributed by atoms with Gasteiger partial charge in [0.05, 0.1) is 21.0 Å². The van der Waals surface area contributed by atoms with E-state index in [-0.39, 0.29) is 27.3 Å². The normalized spacial score (nSPS) is 16.3. The molecule has 6 nitrogen and oxygen atoms in total. The van der Waals surface area contributed by atoms with Gasteiger partial charge in [-0.05, 0) is 48.7 Å². The third kappa shape index (κ3) is 4.77. The lowest BCUT2D eigenvalue weighted by molar-refractivity contribution is -0.125. The van der Waals surface area contributed by atoms with Crippen LogP contribution in [0, 0.1) is 5.82 Å². The minimum Gasteiger partial charge on any atom is -0.381 e. The molecular weight excluding hydrogens is 443 g/mol. The van der Waals surface area contributed by atoms with Gasteiger partial charge in [0.15, 0.2) is 0 Å². The second-order valence-corrected chi connectivity index (χ2v) is 9.73. The molecule has 2 aromatic carbocycles. The molecular formula is C22H26ClFN2O4S. The van der Waals surface area contributed by atoms with Crippen LogP contribution in [0.2, 0.25) is 5.02 Å². The number of ether oxygens (including phenoxy) is 1. The molecule has 1 heterocycles. The van der Waals surface area contributed by atoms with Gasteiger partial charge in [-0.2, -0.15) is 4.31 Å². The summed E-state index contributed by atoms with van der Waals surface area (Å²) in [5, 5.41) is 3.05. The quantitative estimate of drug-likeness (QED) is 0.660. The van der Waals surface area contributed by atoms with E-state index in [0.29, 0.717) is 44.7 Å². The van der Waals surface area contributed by atoms with Crippen molar-refractivity contribution in [3.63, 3.8) is 0 Å². The largest absolute Gasteiger partial charge is 0.381 e. The number of carbonyl (C=O) groups is 1. The molecule has 0 saturated carbocycles. The number of hydrogen-bond donors (Lipinski definition) is 1. The third-order valence-electron chi connectivity index (χ3n) is 5.71. The Morgan fingerprint density at radius 2 is 1.74 bits per heavy atom. The van der Waals surface area contributed by atoms with E-state index in [1.165, 1.54) is 34.6 Å². The molecule has 0 aromatic heterocycles. The molecule has 1 saturated heterocycles. The first kappa shape index (κ1) is 23.7. The van der Waals surface area contributed by atoms with Crippen molar-refractivity contribution >= 4 is 33.2 Å². The zero-order valence-electron chi connectivity index (χ0n) is 17.5. The van der Waals surface area contributed by atoms with Crippen LogP contribution in [-0.4, -0.2) is 44.9 Å². The molecule has 1 aliphatic rings. The minimum atomic E-state index is -3.71. The lowest BCUT2D eigenvalue weighted by atomic mass is 9.73. The third-order valence-corrected chi connectivity index (χ3v) is 8.08. The van der Waals surface area contributed by atoms with Crippen LogP contribution in [-0.2, 0) is 25.0 Å². The van der Waals surface area contributed by atoms with E-state index in [9.17, 15) is 17.6 Å². The Hall–Kier alpha value is -2.00. The molecule has 1 amide bonds. The average molecular weight is 469 g/mol. The summed E-state index contributed by atoms with van der Waals surface area (Å²) in [6.07, 6.45) is 0.832. The molecule has 0 bridgehead atoms. The molecule has 3 rings (SSSR count). The predicted octanol–water partition coefficient (Wildman–Crippen LogP) is 4.20. The maximum Gasteiger partial charge on any atom is 0.243 e. The maximum absolute atomic E-state index is 13.5. The zero-order valence-corrected chi connectivity index (χ0v) is 19.1. The monoisotopic (exact) mass is 468 g/mol. The molecule has 1 fully saturated rings. The fourth-order valence-corrected chi connectivity index (χ4v) is 5.50. The second kappa shape index (κ2) is 9.65. The van der Waals surface area contributed by atoms with Crippen LogP contribution in [0.5, 0.6) is 0 Å². The Kier molecular flexibility index (Phi) is 7.36. The first-order valence-corrected chi connectivity index (χ1v) is 12.0. The summed E-state index contributed by atoms with van der Waals surface area (Å²) in [4.78, 5) is 13.5. The summed E-state index contributed by atoms with van der Waals surface area (Å²) < 4.78 is 46.0. The van der Waals surface area contributed by atoms with E-state index >= 15 is 0 Å². The number of hydrogen-bond acceptors (Lipinski definition) is 4. The Morgan fingerprint density at radius 3 is 2.32 bits per heavy atom. The van der Waals surface area contributed by atoms with E-state index in [2.05, 4.69) is 5.32 Å². The summed E-state index contributed by atoms with van der Waals surface area (Å²) in [6.45, 7) is 4.95. The number of rotatable bonds is 7. The van der Waals surface area contributed by atoms with Gasteiger partial charge in [0, 0.05) is 26.3 Å². The predicted molar refractivity (Wildman–Crippen MR) is 118 cm³/mol. The Labute approximate surface area is 187 Å². The van der Waals surface area contributed by atoms with Crippen molar-refractivity contribution in [3.8, 4) is 0 Å². The van der Waals surface area contributed by atoms with Crippen molar-refractivity contribution in [2.75, 3.05) is 31.6 Å². The number of halogens is 2. The maximum atomic E-state index is 13.5. The summed E-state index contributed by atoms with van der Waals surface area (Å²) >= 11 is 6.29. The van der Waals surface area contributed by atoms with Gasteiger partial charge in [-0.25, -0.2) is 12.8 Å². The lowest BCUT2D eigenvalue weighted by Crippen LogP contribution is -2.45. The van der Waals surface area contributed by atoms with E-state index in [0.717, 1.165) is 0 Å². The summed E-state index contributed by atoms with van der Waals surface area (Å²) in [5.74, 6) is -0.717. The standard InChI is InChI=1S/C22H26ClFN2O4S/c1-3-26(4-2)31(28,29)18-9-10-19(23)20(15-18)25-21(27)22(11-13-30-14-12-22)16-5-7-17(24)8-6-16/h5-10,15H,3-4,11-14H2,1-2H3,(H,25,27). The van der Waals surface area contributed by atoms with Crippen molar-refractivity contribution in [1.82, 2.24) is 4.31 Å². The van der Waals surface area contributed by atoms with E-state index < -0.39 is 15.4 Å². The van der Waals surface area contributed by atoms with Crippen LogP contribution in [0.4, 0.5) is 10.1 Å². The molecule has 0 radical (unpaired) electrons. The van der Waals surface area contributed by atoms with Crippen molar-refractivity contribution < 1.29 is 22.3 Å². The van der Waals surface area contributed by atoms with Crippen LogP contribution >= 0.6 is 11.6 Å². The number of amides is 1. The molecule has 9 heteroatoms. The molecule has 0 aliphatic carbocycles. The number of carbonyl (C=O) groups excluding carboxylic acids is 1. The lowest BCUT2D eigenvalue weighted by Gasteiger charge is -2.36. The van der Waals surface area contributed by atoms with Crippen molar-refractivity contribution in [3.05, 3.63) is 58.9 Å². The minimum absolute atomic E-state index is 0.0544. The molecule has 31 heavy (non-hydrogen) atoms. The van der Waals surface area contributed by atoms with Crippen LogP contribution in [0.3, 0.4) is 0 Å². The molecule has 1 N–H and O–H groups in total. The fraction of sp³-hybridized carbons (Fsp3) is 0.409. The highest BCUT2D eigenvalue weighted by Crippen LogP contribution is 2.37. The number of benzene rings is 2. The summed E-state index contributed by atoms with van der Waals surface area (Å²) in [6, 6.07) is 10.1. The first-order valence-electron chi connectivity index (χ1n) is 10.2. The van der Waals surface area contributed by atoms with Crippen LogP contribution in [0.15, 0.2) is 47.4 Å². The SMILES string of the molecule is CCN(CC)S(=O)(=O)c1ccc(Cl)c(NC(=O)C2(c3ccc(F)cc3)CCOCC2)c1. The molecule has 0 unspecified atom stereocenters. The van der Waals surface area contributed by atoms with Crippen molar-refractivity contribution in [1.29, 1.82) is 0 Å². The fourth-order valence-electron chi connectivity index (χ4n) is 3.85. The molecule has 168 valence electrons. The summed E-state index contributed by atoms with van der Waals surface area (Å²) in [7, 11) is -3.71. The van der Waals surface area contributed by atoms with Gasteiger partial charge in [-0.3, -0.25) is 4.79 Å². The van der Waals surface area contributed by atoms with Gasteiger partial charge in [0.25, 0.3) is 0 Å². The number of anilines is 1. The first-order chi connectivity index (χ1) is 14.7. The number of sulfonamides is 1. The second-order valence-electron chi connectivity index (χ2n) is 7.39. The van der Waals surface area contributed by atoms with Gasteiger partial charge in [-0.1, -0.05) is 37.6 Å². The molecule has 0 spiro atoms. The van der Waals surface area contributed by atoms with Gasteiger partial charge >= 0.3 is 0 Å². The zero-order chi connectivity index (χ0) is 22.6. The highest BCUT2D eigenvalue weighted by molar-refractivity contribution is 7.89. The highest BCUT2D eigenvalue weighted by atomic mass is 35.5. The van der Waals surface area contributed by atoms with Crippen molar-refractivity contribution in [2.45, 2.75) is 37.0 Å². The summed E-state index contributed by atoms with van der Waals surface area (Å²) in [5.41, 5.74) is -0.0335.